The van der Waals surface area contributed by atoms with E-state index in [4.69, 9.17) is 11.6 Å². The van der Waals surface area contributed by atoms with Crippen molar-refractivity contribution >= 4 is 28.7 Å². The van der Waals surface area contributed by atoms with Crippen LogP contribution in [0.5, 0.6) is 0 Å². The maximum absolute atomic E-state index is 6.95. The summed E-state index contributed by atoms with van der Waals surface area (Å²) in [6.45, 7) is 8.84. The average molecular weight is 464 g/mol. The van der Waals surface area contributed by atoms with E-state index in [0.29, 0.717) is 12.0 Å². The van der Waals surface area contributed by atoms with Crippen molar-refractivity contribution < 1.29 is 4.58 Å². The van der Waals surface area contributed by atoms with Crippen LogP contribution in [0.2, 0.25) is 0 Å². The van der Waals surface area contributed by atoms with E-state index in [1.54, 1.807) is 0 Å². The van der Waals surface area contributed by atoms with Gasteiger partial charge in [0, 0.05) is 48.4 Å². The van der Waals surface area contributed by atoms with Gasteiger partial charge in [-0.15, -0.1) is 0 Å². The van der Waals surface area contributed by atoms with Crippen molar-refractivity contribution in [2.45, 2.75) is 65.8 Å². The van der Waals surface area contributed by atoms with Crippen molar-refractivity contribution in [1.29, 1.82) is 0 Å². The highest BCUT2D eigenvalue weighted by Crippen LogP contribution is 2.37. The Morgan fingerprint density at radius 2 is 1.79 bits per heavy atom. The van der Waals surface area contributed by atoms with Crippen LogP contribution in [0.15, 0.2) is 71.3 Å². The van der Waals surface area contributed by atoms with Crippen LogP contribution in [0.4, 0.5) is 11.4 Å². The van der Waals surface area contributed by atoms with E-state index in [9.17, 15) is 0 Å². The van der Waals surface area contributed by atoms with Gasteiger partial charge < -0.3 is 4.90 Å². The second-order valence-electron chi connectivity index (χ2n) is 9.61. The number of halogens is 1. The largest absolute Gasteiger partial charge is 0.372 e. The molecule has 0 fully saturated rings. The zero-order valence-corrected chi connectivity index (χ0v) is 22.0. The fourth-order valence-corrected chi connectivity index (χ4v) is 5.15. The van der Waals surface area contributed by atoms with Gasteiger partial charge in [-0.1, -0.05) is 54.1 Å². The summed E-state index contributed by atoms with van der Waals surface area (Å²) in [5.41, 5.74) is 7.71. The number of para-hydroxylation sites is 2. The molecule has 0 saturated carbocycles. The number of anilines is 1. The summed E-state index contributed by atoms with van der Waals surface area (Å²) in [4.78, 5) is 2.41. The first-order chi connectivity index (χ1) is 15.8. The summed E-state index contributed by atoms with van der Waals surface area (Å²) in [7, 11) is 4.34. The lowest BCUT2D eigenvalue weighted by molar-refractivity contribution is -0.405. The van der Waals surface area contributed by atoms with Crippen LogP contribution < -0.4 is 4.90 Å². The van der Waals surface area contributed by atoms with Crippen LogP contribution in [-0.4, -0.2) is 30.4 Å². The molecule has 0 aromatic heterocycles. The number of rotatable bonds is 8. The Morgan fingerprint density at radius 3 is 2.48 bits per heavy atom. The van der Waals surface area contributed by atoms with Crippen molar-refractivity contribution in [2.24, 2.45) is 5.92 Å². The van der Waals surface area contributed by atoms with E-state index >= 15 is 0 Å². The highest BCUT2D eigenvalue weighted by atomic mass is 35.5. The lowest BCUT2D eigenvalue weighted by atomic mass is 9.86. The summed E-state index contributed by atoms with van der Waals surface area (Å²) in [5.74, 6) is 0.474. The summed E-state index contributed by atoms with van der Waals surface area (Å²) in [5, 5.41) is 1.08. The second-order valence-corrected chi connectivity index (χ2v) is 10.0. The van der Waals surface area contributed by atoms with Crippen molar-refractivity contribution in [3.8, 4) is 0 Å². The molecule has 176 valence electrons. The number of aryl methyl sites for hydroxylation is 2. The van der Waals surface area contributed by atoms with E-state index in [1.807, 2.05) is 0 Å². The maximum Gasteiger partial charge on any atom is 0.208 e. The summed E-state index contributed by atoms with van der Waals surface area (Å²) in [6, 6.07) is 17.6. The van der Waals surface area contributed by atoms with Crippen LogP contribution in [0.25, 0.3) is 0 Å². The normalized spacial score (nSPS) is 18.5. The van der Waals surface area contributed by atoms with E-state index in [0.717, 1.165) is 24.3 Å². The first-order valence-electron chi connectivity index (χ1n) is 12.3. The number of nitrogens with zero attached hydrogens (tertiary/aromatic N) is 2. The predicted molar refractivity (Wildman–Crippen MR) is 145 cm³/mol. The lowest BCUT2D eigenvalue weighted by Crippen LogP contribution is -2.30. The molecule has 0 bridgehead atoms. The molecule has 3 heteroatoms. The van der Waals surface area contributed by atoms with Crippen LogP contribution >= 0.6 is 11.6 Å². The van der Waals surface area contributed by atoms with Crippen LogP contribution in [-0.2, 0) is 0 Å². The van der Waals surface area contributed by atoms with Crippen molar-refractivity contribution in [3.05, 3.63) is 82.4 Å². The minimum atomic E-state index is 0.474. The van der Waals surface area contributed by atoms with Gasteiger partial charge in [0.05, 0.1) is 0 Å². The third kappa shape index (κ3) is 6.38. The Labute approximate surface area is 206 Å². The number of benzene rings is 2. The van der Waals surface area contributed by atoms with Gasteiger partial charge in [-0.2, -0.15) is 4.58 Å². The topological polar surface area (TPSA) is 6.25 Å². The predicted octanol–water partition coefficient (Wildman–Crippen LogP) is 8.19. The molecule has 0 N–H and O–H groups in total. The molecule has 1 aliphatic carbocycles. The smallest absolute Gasteiger partial charge is 0.208 e. The van der Waals surface area contributed by atoms with Crippen LogP contribution in [0.3, 0.4) is 0 Å². The number of hydrogen-bond donors (Lipinski definition) is 0. The van der Waals surface area contributed by atoms with Gasteiger partial charge in [-0.05, 0) is 76.0 Å². The van der Waals surface area contributed by atoms with E-state index in [-0.39, 0.29) is 0 Å². The quantitative estimate of drug-likeness (QED) is 0.282. The van der Waals surface area contributed by atoms with E-state index in [2.05, 4.69) is 112 Å². The van der Waals surface area contributed by atoms with Crippen LogP contribution in [0, 0.1) is 19.8 Å². The maximum atomic E-state index is 6.95. The zero-order chi connectivity index (χ0) is 24.0. The minimum Gasteiger partial charge on any atom is -0.372 e. The third-order valence-corrected chi connectivity index (χ3v) is 7.84. The molecule has 2 atom stereocenters. The van der Waals surface area contributed by atoms with Crippen LogP contribution in [0.1, 0.15) is 57.1 Å². The Hall–Kier alpha value is -2.32. The molecule has 2 aromatic carbocycles. The highest BCUT2D eigenvalue weighted by Gasteiger charge is 2.22. The molecule has 0 aliphatic heterocycles. The van der Waals surface area contributed by atoms with Gasteiger partial charge in [-0.25, -0.2) is 0 Å². The molecule has 0 heterocycles. The van der Waals surface area contributed by atoms with E-state index in [1.165, 1.54) is 46.6 Å². The van der Waals surface area contributed by atoms with Crippen molar-refractivity contribution in [2.75, 3.05) is 19.0 Å². The monoisotopic (exact) mass is 463 g/mol. The fraction of sp³-hybridized carbons (Fsp3) is 0.433. The van der Waals surface area contributed by atoms with Gasteiger partial charge in [0.25, 0.3) is 0 Å². The summed E-state index contributed by atoms with van der Waals surface area (Å²) in [6.07, 6.45) is 10.2. The average Bonchev–Trinajstić information content (AvgIpc) is 2.82. The SMILES string of the molecule is CC(/C=C/C1=C(Cl)C(CCC(C)N(C)c2ccccc2C)CCC1)=[N+](/C)c1ccccc1C. The molecular weight excluding hydrogens is 424 g/mol. The summed E-state index contributed by atoms with van der Waals surface area (Å²) >= 11 is 6.95. The Kier molecular flexibility index (Phi) is 8.97. The van der Waals surface area contributed by atoms with Gasteiger partial charge in [0.2, 0.25) is 5.69 Å². The Morgan fingerprint density at radius 1 is 1.12 bits per heavy atom. The lowest BCUT2D eigenvalue weighted by Gasteiger charge is -2.31. The second kappa shape index (κ2) is 11.7. The Bertz CT molecular complexity index is 1050. The first-order valence-corrected chi connectivity index (χ1v) is 12.7. The molecule has 0 amide bonds. The molecule has 2 unspecified atom stereocenters. The van der Waals surface area contributed by atoms with E-state index < -0.39 is 0 Å². The Balaban J connectivity index is 1.67. The van der Waals surface area contributed by atoms with Gasteiger partial charge >= 0.3 is 0 Å². The van der Waals surface area contributed by atoms with Crippen molar-refractivity contribution in [1.82, 2.24) is 0 Å². The molecule has 33 heavy (non-hydrogen) atoms. The fourth-order valence-electron chi connectivity index (χ4n) is 4.78. The molecule has 2 aromatic rings. The van der Waals surface area contributed by atoms with Gasteiger partial charge in [-0.3, -0.25) is 0 Å². The third-order valence-electron chi connectivity index (χ3n) is 7.28. The van der Waals surface area contributed by atoms with Gasteiger partial charge in [0.1, 0.15) is 7.05 Å². The number of hydrogen-bond acceptors (Lipinski definition) is 1. The first kappa shape index (κ1) is 25.3. The molecule has 2 nitrogen and oxygen atoms in total. The number of allylic oxidation sites excluding steroid dienone is 4. The highest BCUT2D eigenvalue weighted by molar-refractivity contribution is 6.30. The molecule has 3 rings (SSSR count). The van der Waals surface area contributed by atoms with Gasteiger partial charge in [0.15, 0.2) is 5.71 Å². The zero-order valence-electron chi connectivity index (χ0n) is 21.2. The summed E-state index contributed by atoms with van der Waals surface area (Å²) < 4.78 is 2.25. The molecule has 0 spiro atoms. The van der Waals surface area contributed by atoms with Crippen molar-refractivity contribution in [3.63, 3.8) is 0 Å². The molecule has 0 saturated heterocycles. The molecular formula is C30H40ClN2+. The standard InChI is InChI=1S/C30H40ClN2/c1-22-12-7-9-16-28(22)32(5)24(3)18-20-26-14-11-15-27(30(26)31)21-19-25(4)33(6)29-17-10-8-13-23(29)2/h7-10,12-13,16-18,20,25,27H,11,14-15,19,21H2,1-6H3/q+1/b20-18+,32-24+. The molecule has 1 aliphatic rings. The minimum absolute atomic E-state index is 0.474. The molecule has 0 radical (unpaired) electrons.